The van der Waals surface area contributed by atoms with Crippen molar-refractivity contribution in [3.8, 4) is 11.8 Å². The fourth-order valence-corrected chi connectivity index (χ4v) is 1.48. The van der Waals surface area contributed by atoms with Gasteiger partial charge in [0.25, 0.3) is 0 Å². The molecule has 7 heteroatoms. The van der Waals surface area contributed by atoms with Crippen molar-refractivity contribution in [2.45, 2.75) is 13.3 Å². The first-order chi connectivity index (χ1) is 8.28. The third-order valence-electron chi connectivity index (χ3n) is 2.30. The average molecular weight is 236 g/mol. The summed E-state index contributed by atoms with van der Waals surface area (Å²) in [5, 5.41) is 8.61. The van der Waals surface area contributed by atoms with E-state index < -0.39 is 0 Å². The molecule has 1 aromatic rings. The van der Waals surface area contributed by atoms with Crippen LogP contribution in [0.1, 0.15) is 13.3 Å². The van der Waals surface area contributed by atoms with Gasteiger partial charge in [0.15, 0.2) is 11.6 Å². The summed E-state index contributed by atoms with van der Waals surface area (Å²) in [6.07, 6.45) is 1.83. The van der Waals surface area contributed by atoms with Gasteiger partial charge in [-0.3, -0.25) is 0 Å². The van der Waals surface area contributed by atoms with E-state index in [1.807, 2.05) is 11.8 Å². The summed E-state index contributed by atoms with van der Waals surface area (Å²) in [4.78, 5) is 10.1. The van der Waals surface area contributed by atoms with Gasteiger partial charge in [0.05, 0.1) is 19.6 Å². The summed E-state index contributed by atoms with van der Waals surface area (Å²) in [5.74, 6) is 6.88. The van der Waals surface area contributed by atoms with Crippen molar-refractivity contribution in [1.82, 2.24) is 9.97 Å². The van der Waals surface area contributed by atoms with E-state index in [0.29, 0.717) is 30.4 Å². The quantitative estimate of drug-likeness (QED) is 0.548. The van der Waals surface area contributed by atoms with Crippen LogP contribution in [0.25, 0.3) is 0 Å². The normalized spacial score (nSPS) is 9.53. The number of nitrogens with one attached hydrogen (secondary N) is 1. The van der Waals surface area contributed by atoms with Gasteiger partial charge in [-0.15, -0.1) is 0 Å². The first-order valence-corrected chi connectivity index (χ1v) is 5.25. The van der Waals surface area contributed by atoms with E-state index in [1.165, 1.54) is 13.4 Å². The highest BCUT2D eigenvalue weighted by Crippen LogP contribution is 2.31. The lowest BCUT2D eigenvalue weighted by molar-refractivity contribution is 0.412. The van der Waals surface area contributed by atoms with Gasteiger partial charge >= 0.3 is 0 Å². The molecule has 0 aliphatic heterocycles. The Balaban J connectivity index is 3.05. The molecular weight excluding hydrogens is 220 g/mol. The lowest BCUT2D eigenvalue weighted by atomic mass is 10.3. The second kappa shape index (κ2) is 6.50. The molecule has 1 aromatic heterocycles. The Morgan fingerprint density at radius 1 is 1.59 bits per heavy atom. The molecule has 1 heterocycles. The molecule has 0 bridgehead atoms. The summed E-state index contributed by atoms with van der Waals surface area (Å²) >= 11 is 0. The molecule has 0 aromatic carbocycles. The van der Waals surface area contributed by atoms with Crippen LogP contribution >= 0.6 is 0 Å². The van der Waals surface area contributed by atoms with Gasteiger partial charge in [-0.25, -0.2) is 15.8 Å². The van der Waals surface area contributed by atoms with Crippen LogP contribution in [0.5, 0.6) is 5.75 Å². The number of anilines is 2. The maximum atomic E-state index is 8.61. The minimum absolute atomic E-state index is 0.423. The molecule has 0 aliphatic rings. The van der Waals surface area contributed by atoms with Crippen molar-refractivity contribution >= 4 is 11.6 Å². The SMILES string of the molecule is CCN(CCC#N)c1ncnc(NN)c1OC. The van der Waals surface area contributed by atoms with Crippen molar-refractivity contribution in [1.29, 1.82) is 5.26 Å². The number of hydrazine groups is 1. The van der Waals surface area contributed by atoms with Crippen LogP contribution in [0.4, 0.5) is 11.6 Å². The zero-order valence-corrected chi connectivity index (χ0v) is 9.97. The Labute approximate surface area is 100 Å². The highest BCUT2D eigenvalue weighted by Gasteiger charge is 2.16. The van der Waals surface area contributed by atoms with Crippen LogP contribution in [0, 0.1) is 11.3 Å². The molecule has 3 N–H and O–H groups in total. The molecule has 0 atom stereocenters. The van der Waals surface area contributed by atoms with Crippen LogP contribution in [0.2, 0.25) is 0 Å². The number of hydrogen-bond donors (Lipinski definition) is 2. The van der Waals surface area contributed by atoms with E-state index in [0.717, 1.165) is 6.54 Å². The Kier molecular flexibility index (Phi) is 4.97. The van der Waals surface area contributed by atoms with Gasteiger partial charge in [-0.1, -0.05) is 0 Å². The van der Waals surface area contributed by atoms with Crippen molar-refractivity contribution in [2.75, 3.05) is 30.5 Å². The van der Waals surface area contributed by atoms with Crippen LogP contribution in [-0.4, -0.2) is 30.2 Å². The van der Waals surface area contributed by atoms with E-state index in [4.69, 9.17) is 15.8 Å². The Morgan fingerprint density at radius 3 is 2.88 bits per heavy atom. The highest BCUT2D eigenvalue weighted by molar-refractivity contribution is 5.64. The van der Waals surface area contributed by atoms with Crippen LogP contribution in [0.15, 0.2) is 6.33 Å². The summed E-state index contributed by atoms with van der Waals surface area (Å²) in [6.45, 7) is 3.29. The van der Waals surface area contributed by atoms with E-state index >= 15 is 0 Å². The molecule has 92 valence electrons. The van der Waals surface area contributed by atoms with E-state index in [2.05, 4.69) is 21.5 Å². The fraction of sp³-hybridized carbons (Fsp3) is 0.500. The number of hydrogen-bond acceptors (Lipinski definition) is 7. The molecule has 0 amide bonds. The minimum Gasteiger partial charge on any atom is -0.490 e. The summed E-state index contributed by atoms with van der Waals surface area (Å²) in [5.41, 5.74) is 2.45. The van der Waals surface area contributed by atoms with E-state index in [1.54, 1.807) is 0 Å². The number of rotatable bonds is 6. The third-order valence-corrected chi connectivity index (χ3v) is 2.30. The second-order valence-corrected chi connectivity index (χ2v) is 3.21. The van der Waals surface area contributed by atoms with Gasteiger partial charge in [-0.2, -0.15) is 5.26 Å². The number of nitrogens with zero attached hydrogens (tertiary/aromatic N) is 4. The van der Waals surface area contributed by atoms with Crippen molar-refractivity contribution < 1.29 is 4.74 Å². The molecule has 17 heavy (non-hydrogen) atoms. The molecule has 0 saturated heterocycles. The van der Waals surface area contributed by atoms with Crippen molar-refractivity contribution in [3.05, 3.63) is 6.33 Å². The van der Waals surface area contributed by atoms with Crippen molar-refractivity contribution in [2.24, 2.45) is 5.84 Å². The lowest BCUT2D eigenvalue weighted by Gasteiger charge is -2.23. The van der Waals surface area contributed by atoms with E-state index in [9.17, 15) is 0 Å². The van der Waals surface area contributed by atoms with Gasteiger partial charge in [0.1, 0.15) is 6.33 Å². The molecule has 0 spiro atoms. The molecule has 0 radical (unpaired) electrons. The van der Waals surface area contributed by atoms with Gasteiger partial charge in [0.2, 0.25) is 5.75 Å². The molecule has 0 aliphatic carbocycles. The Morgan fingerprint density at radius 2 is 2.35 bits per heavy atom. The number of aromatic nitrogens is 2. The van der Waals surface area contributed by atoms with Gasteiger partial charge in [0, 0.05) is 13.1 Å². The van der Waals surface area contributed by atoms with Crippen LogP contribution in [-0.2, 0) is 0 Å². The monoisotopic (exact) mass is 236 g/mol. The number of nitriles is 1. The molecule has 0 unspecified atom stereocenters. The van der Waals surface area contributed by atoms with Crippen molar-refractivity contribution in [3.63, 3.8) is 0 Å². The summed E-state index contributed by atoms with van der Waals surface area (Å²) in [6, 6.07) is 2.10. The number of ether oxygens (including phenoxy) is 1. The zero-order valence-electron chi connectivity index (χ0n) is 9.97. The number of methoxy groups -OCH3 is 1. The largest absolute Gasteiger partial charge is 0.490 e. The fourth-order valence-electron chi connectivity index (χ4n) is 1.48. The third kappa shape index (κ3) is 2.95. The summed E-state index contributed by atoms with van der Waals surface area (Å²) in [7, 11) is 1.53. The maximum absolute atomic E-state index is 8.61. The Hall–Kier alpha value is -2.07. The van der Waals surface area contributed by atoms with Gasteiger partial charge in [-0.05, 0) is 6.92 Å². The molecule has 7 nitrogen and oxygen atoms in total. The highest BCUT2D eigenvalue weighted by atomic mass is 16.5. The summed E-state index contributed by atoms with van der Waals surface area (Å²) < 4.78 is 5.24. The topological polar surface area (TPSA) is 100 Å². The van der Waals surface area contributed by atoms with E-state index in [-0.39, 0.29) is 0 Å². The molecule has 0 saturated carbocycles. The number of nitrogens with two attached hydrogens (primary N) is 1. The second-order valence-electron chi connectivity index (χ2n) is 3.21. The van der Waals surface area contributed by atoms with Crippen LogP contribution < -0.4 is 20.9 Å². The average Bonchev–Trinajstić information content (AvgIpc) is 2.39. The van der Waals surface area contributed by atoms with Crippen LogP contribution in [0.3, 0.4) is 0 Å². The lowest BCUT2D eigenvalue weighted by Crippen LogP contribution is -2.26. The Bertz CT molecular complexity index is 402. The predicted molar refractivity (Wildman–Crippen MR) is 64.5 cm³/mol. The molecule has 1 rings (SSSR count). The zero-order chi connectivity index (χ0) is 12.7. The predicted octanol–water partition coefficient (Wildman–Crippen LogP) is 0.511. The standard InChI is InChI=1S/C10H16N6O/c1-3-16(6-4-5-11)10-8(17-2)9(15-12)13-7-14-10/h7H,3-4,6,12H2,1-2H3,(H,13,14,15). The van der Waals surface area contributed by atoms with Gasteiger partial charge < -0.3 is 15.1 Å². The number of nitrogen functional groups attached to an aromatic ring is 1. The molecular formula is C10H16N6O. The molecule has 0 fully saturated rings. The first kappa shape index (κ1) is 13.0. The first-order valence-electron chi connectivity index (χ1n) is 5.25. The maximum Gasteiger partial charge on any atom is 0.205 e. The minimum atomic E-state index is 0.423. The smallest absolute Gasteiger partial charge is 0.205 e.